The monoisotopic (exact) mass is 486 g/mol. The maximum Gasteiger partial charge on any atom is 0.339 e. The van der Waals surface area contributed by atoms with Gasteiger partial charge in [0.15, 0.2) is 6.29 Å². The SMILES string of the molecule is C=C1CCC2[C@]3(C)CO[C@@H](C4CCCC4)O[C@@H]3CC[C@@]2(C)[C@@H]1CCOc1cc(F)ccc1C(=O)O. The van der Waals surface area contributed by atoms with E-state index < -0.39 is 11.8 Å². The highest BCUT2D eigenvalue weighted by Gasteiger charge is 2.60. The van der Waals surface area contributed by atoms with Crippen molar-refractivity contribution in [1.29, 1.82) is 0 Å². The zero-order valence-electron chi connectivity index (χ0n) is 21.1. The minimum atomic E-state index is -1.12. The van der Waals surface area contributed by atoms with Crippen LogP contribution in [-0.2, 0) is 9.47 Å². The van der Waals surface area contributed by atoms with E-state index >= 15 is 0 Å². The third kappa shape index (κ3) is 4.42. The normalized spacial score (nSPS) is 37.5. The summed E-state index contributed by atoms with van der Waals surface area (Å²) in [5.41, 5.74) is 1.25. The van der Waals surface area contributed by atoms with Gasteiger partial charge in [-0.1, -0.05) is 38.8 Å². The summed E-state index contributed by atoms with van der Waals surface area (Å²) in [6, 6.07) is 3.57. The Morgan fingerprint density at radius 3 is 2.71 bits per heavy atom. The molecule has 0 spiro atoms. The molecule has 1 aromatic rings. The number of carboxylic acids is 1. The first-order chi connectivity index (χ1) is 16.7. The van der Waals surface area contributed by atoms with Crippen LogP contribution in [0.1, 0.15) is 82.0 Å². The number of hydrogen-bond donors (Lipinski definition) is 1. The molecule has 5 nitrogen and oxygen atoms in total. The topological polar surface area (TPSA) is 65.0 Å². The average Bonchev–Trinajstić information content (AvgIpc) is 3.35. The van der Waals surface area contributed by atoms with Crippen LogP contribution in [-0.4, -0.2) is 36.7 Å². The summed E-state index contributed by atoms with van der Waals surface area (Å²) in [5, 5.41) is 9.43. The number of allylic oxidation sites excluding steroid dienone is 1. The van der Waals surface area contributed by atoms with Crippen LogP contribution < -0.4 is 4.74 Å². The lowest BCUT2D eigenvalue weighted by Crippen LogP contribution is -2.62. The number of rotatable bonds is 6. The molecule has 0 radical (unpaired) electrons. The molecule has 3 aliphatic carbocycles. The van der Waals surface area contributed by atoms with Crippen molar-refractivity contribution < 1.29 is 28.5 Å². The summed E-state index contributed by atoms with van der Waals surface area (Å²) in [6.07, 6.45) is 10.1. The summed E-state index contributed by atoms with van der Waals surface area (Å²) in [4.78, 5) is 11.5. The zero-order chi connectivity index (χ0) is 24.8. The van der Waals surface area contributed by atoms with Crippen LogP contribution >= 0.6 is 0 Å². The Bertz CT molecular complexity index is 972. The summed E-state index contributed by atoms with van der Waals surface area (Å²) in [6.45, 7) is 10.3. The van der Waals surface area contributed by atoms with E-state index in [0.29, 0.717) is 18.4 Å². The van der Waals surface area contributed by atoms with E-state index in [1.807, 2.05) is 0 Å². The summed E-state index contributed by atoms with van der Waals surface area (Å²) in [5.74, 6) is -0.274. The molecule has 192 valence electrons. The van der Waals surface area contributed by atoms with Crippen LogP contribution in [0.15, 0.2) is 30.4 Å². The van der Waals surface area contributed by atoms with Crippen molar-refractivity contribution >= 4 is 5.97 Å². The summed E-state index contributed by atoms with van der Waals surface area (Å²) < 4.78 is 32.7. The second kappa shape index (κ2) is 9.51. The standard InChI is InChI=1S/C29H39FO5/c1-18-8-11-24-28(2,22(18)13-15-33-23-16-20(30)9-10-21(23)26(31)32)14-12-25-29(24,3)17-34-27(35-25)19-6-4-5-7-19/h9-10,16,19,22,24-25,27H,1,4-8,11-15,17H2,2-3H3,(H,31,32)/t22-,24?,25-,27-,28+,29+/m1/s1. The van der Waals surface area contributed by atoms with Crippen molar-refractivity contribution in [2.45, 2.75) is 84.0 Å². The van der Waals surface area contributed by atoms with Crippen LogP contribution in [0.25, 0.3) is 0 Å². The molecule has 5 rings (SSSR count). The molecule has 6 atom stereocenters. The van der Waals surface area contributed by atoms with Gasteiger partial charge in [0.05, 0.1) is 19.3 Å². The van der Waals surface area contributed by atoms with Crippen LogP contribution in [0.4, 0.5) is 4.39 Å². The lowest BCUT2D eigenvalue weighted by molar-refractivity contribution is -0.316. The predicted molar refractivity (Wildman–Crippen MR) is 131 cm³/mol. The first-order valence-corrected chi connectivity index (χ1v) is 13.3. The van der Waals surface area contributed by atoms with Gasteiger partial charge in [0.25, 0.3) is 0 Å². The molecule has 1 aromatic carbocycles. The molecule has 0 amide bonds. The van der Waals surface area contributed by atoms with Crippen LogP contribution in [0, 0.1) is 34.4 Å². The fourth-order valence-electron chi connectivity index (χ4n) is 7.94. The van der Waals surface area contributed by atoms with E-state index in [0.717, 1.165) is 50.8 Å². The lowest BCUT2D eigenvalue weighted by atomic mass is 9.46. The van der Waals surface area contributed by atoms with Crippen LogP contribution in [0.2, 0.25) is 0 Å². The minimum Gasteiger partial charge on any atom is -0.493 e. The van der Waals surface area contributed by atoms with E-state index in [1.165, 1.54) is 37.3 Å². The third-order valence-electron chi connectivity index (χ3n) is 9.80. The molecule has 1 unspecified atom stereocenters. The highest BCUT2D eigenvalue weighted by Crippen LogP contribution is 2.63. The number of carboxylic acid groups (broad SMARTS) is 1. The number of benzene rings is 1. The molecule has 1 saturated heterocycles. The van der Waals surface area contributed by atoms with Gasteiger partial charge in [0, 0.05) is 17.4 Å². The Balaban J connectivity index is 1.29. The largest absolute Gasteiger partial charge is 0.493 e. The maximum atomic E-state index is 13.8. The van der Waals surface area contributed by atoms with E-state index in [2.05, 4.69) is 20.4 Å². The molecule has 6 heteroatoms. The molecule has 1 heterocycles. The Hall–Kier alpha value is -1.92. The highest BCUT2D eigenvalue weighted by atomic mass is 19.1. The van der Waals surface area contributed by atoms with Gasteiger partial charge >= 0.3 is 5.97 Å². The van der Waals surface area contributed by atoms with E-state index in [1.54, 1.807) is 0 Å². The Labute approximate surface area is 208 Å². The minimum absolute atomic E-state index is 0.0145. The molecular formula is C29H39FO5. The van der Waals surface area contributed by atoms with Crippen molar-refractivity contribution in [1.82, 2.24) is 0 Å². The highest BCUT2D eigenvalue weighted by molar-refractivity contribution is 5.90. The fraction of sp³-hybridized carbons (Fsp3) is 0.690. The molecule has 4 fully saturated rings. The molecule has 1 aliphatic heterocycles. The Morgan fingerprint density at radius 2 is 1.97 bits per heavy atom. The van der Waals surface area contributed by atoms with Gasteiger partial charge in [-0.05, 0) is 74.3 Å². The predicted octanol–water partition coefficient (Wildman–Crippen LogP) is 6.61. The van der Waals surface area contributed by atoms with Gasteiger partial charge in [0.2, 0.25) is 0 Å². The lowest BCUT2D eigenvalue weighted by Gasteiger charge is -2.63. The van der Waals surface area contributed by atoms with Gasteiger partial charge in [0.1, 0.15) is 17.1 Å². The molecule has 35 heavy (non-hydrogen) atoms. The number of halogens is 1. The molecule has 0 bridgehead atoms. The summed E-state index contributed by atoms with van der Waals surface area (Å²) in [7, 11) is 0. The number of fused-ring (bicyclic) bond motifs is 3. The van der Waals surface area contributed by atoms with E-state index in [9.17, 15) is 14.3 Å². The summed E-state index contributed by atoms with van der Waals surface area (Å²) >= 11 is 0. The molecule has 3 saturated carbocycles. The average molecular weight is 487 g/mol. The van der Waals surface area contributed by atoms with Crippen molar-refractivity contribution in [2.75, 3.05) is 13.2 Å². The number of carbonyl (C=O) groups is 1. The Morgan fingerprint density at radius 1 is 1.20 bits per heavy atom. The quantitative estimate of drug-likeness (QED) is 0.458. The molecule has 4 aliphatic rings. The molecule has 1 N–H and O–H groups in total. The smallest absolute Gasteiger partial charge is 0.339 e. The fourth-order valence-corrected chi connectivity index (χ4v) is 7.94. The van der Waals surface area contributed by atoms with Gasteiger partial charge in [-0.3, -0.25) is 0 Å². The number of ether oxygens (including phenoxy) is 3. The van der Waals surface area contributed by atoms with Gasteiger partial charge in [-0.15, -0.1) is 0 Å². The number of aromatic carboxylic acids is 1. The zero-order valence-corrected chi connectivity index (χ0v) is 21.1. The third-order valence-corrected chi connectivity index (χ3v) is 9.80. The first kappa shape index (κ1) is 24.8. The second-order valence-electron chi connectivity index (χ2n) is 11.8. The van der Waals surface area contributed by atoms with Crippen molar-refractivity contribution in [3.8, 4) is 5.75 Å². The van der Waals surface area contributed by atoms with E-state index in [-0.39, 0.29) is 40.5 Å². The van der Waals surface area contributed by atoms with Gasteiger partial charge in [-0.25, -0.2) is 9.18 Å². The molecule has 0 aromatic heterocycles. The first-order valence-electron chi connectivity index (χ1n) is 13.3. The van der Waals surface area contributed by atoms with Crippen molar-refractivity contribution in [3.05, 3.63) is 41.7 Å². The van der Waals surface area contributed by atoms with Crippen LogP contribution in [0.3, 0.4) is 0 Å². The van der Waals surface area contributed by atoms with Gasteiger partial charge in [-0.2, -0.15) is 0 Å². The van der Waals surface area contributed by atoms with Crippen molar-refractivity contribution in [3.63, 3.8) is 0 Å². The van der Waals surface area contributed by atoms with Crippen LogP contribution in [0.5, 0.6) is 5.75 Å². The van der Waals surface area contributed by atoms with Gasteiger partial charge < -0.3 is 19.3 Å². The van der Waals surface area contributed by atoms with Crippen molar-refractivity contribution in [2.24, 2.45) is 28.6 Å². The second-order valence-corrected chi connectivity index (χ2v) is 11.8. The Kier molecular flexibility index (Phi) is 6.73. The number of hydrogen-bond acceptors (Lipinski definition) is 4. The maximum absolute atomic E-state index is 13.8. The molecular weight excluding hydrogens is 447 g/mol. The van der Waals surface area contributed by atoms with E-state index in [4.69, 9.17) is 14.2 Å².